The van der Waals surface area contributed by atoms with Gasteiger partial charge in [-0.2, -0.15) is 0 Å². The molecule has 4 N–H and O–H groups in total. The molecule has 148 valence electrons. The Kier molecular flexibility index (Phi) is 6.44. The molecule has 9 nitrogen and oxygen atoms in total. The molecule has 9 heteroatoms. The van der Waals surface area contributed by atoms with Crippen molar-refractivity contribution < 1.29 is 14.3 Å². The van der Waals surface area contributed by atoms with E-state index in [4.69, 9.17) is 10.5 Å². The normalized spacial score (nSPS) is 24.1. The first-order chi connectivity index (χ1) is 13.0. The summed E-state index contributed by atoms with van der Waals surface area (Å²) < 4.78 is 5.34. The largest absolute Gasteiger partial charge is 0.378 e. The highest BCUT2D eigenvalue weighted by Crippen LogP contribution is 2.33. The third kappa shape index (κ3) is 5.06. The molecule has 1 unspecified atom stereocenters. The highest BCUT2D eigenvalue weighted by atomic mass is 16.5. The summed E-state index contributed by atoms with van der Waals surface area (Å²) in [6, 6.07) is 0. The van der Waals surface area contributed by atoms with Crippen molar-refractivity contribution in [2.75, 3.05) is 36.6 Å². The Labute approximate surface area is 159 Å². The summed E-state index contributed by atoms with van der Waals surface area (Å²) in [5.41, 5.74) is 10.9. The molecule has 1 aliphatic carbocycles. The summed E-state index contributed by atoms with van der Waals surface area (Å²) >= 11 is 0. The number of nitrogens with two attached hydrogens (primary N) is 1. The topological polar surface area (TPSA) is 122 Å². The fraction of sp³-hybridized carbons (Fsp3) is 0.667. The van der Waals surface area contributed by atoms with Gasteiger partial charge in [0.05, 0.1) is 25.6 Å². The van der Waals surface area contributed by atoms with Crippen LogP contribution in [0.5, 0.6) is 0 Å². The van der Waals surface area contributed by atoms with Crippen LogP contribution in [-0.4, -0.2) is 48.1 Å². The predicted molar refractivity (Wildman–Crippen MR) is 101 cm³/mol. The molecule has 2 aliphatic rings. The van der Waals surface area contributed by atoms with Gasteiger partial charge in [-0.25, -0.2) is 4.98 Å². The van der Waals surface area contributed by atoms with Crippen LogP contribution >= 0.6 is 0 Å². The Bertz CT molecular complexity index is 656. The molecule has 1 aromatic heterocycles. The zero-order valence-corrected chi connectivity index (χ0v) is 15.7. The Balaban J connectivity index is 1.59. The SMILES string of the molecule is CC1CCC(C(C(N)=O)C(=O)NNc2cncc(N3CCOCC3)n2)CC1. The first-order valence-corrected chi connectivity index (χ1v) is 9.54. The lowest BCUT2D eigenvalue weighted by molar-refractivity contribution is -0.136. The highest BCUT2D eigenvalue weighted by molar-refractivity contribution is 6.00. The highest BCUT2D eigenvalue weighted by Gasteiger charge is 2.35. The third-order valence-electron chi connectivity index (χ3n) is 5.39. The van der Waals surface area contributed by atoms with Crippen molar-refractivity contribution in [2.24, 2.45) is 23.5 Å². The number of nitrogens with zero attached hydrogens (tertiary/aromatic N) is 3. The second-order valence-corrected chi connectivity index (χ2v) is 7.38. The van der Waals surface area contributed by atoms with Gasteiger partial charge < -0.3 is 15.4 Å². The number of morpholine rings is 1. The molecule has 1 aromatic rings. The molecular weight excluding hydrogens is 348 g/mol. The van der Waals surface area contributed by atoms with E-state index in [1.165, 1.54) is 6.20 Å². The second-order valence-electron chi connectivity index (χ2n) is 7.38. The van der Waals surface area contributed by atoms with Gasteiger partial charge in [0.15, 0.2) is 5.82 Å². The van der Waals surface area contributed by atoms with Gasteiger partial charge >= 0.3 is 0 Å². The summed E-state index contributed by atoms with van der Waals surface area (Å²) in [5, 5.41) is 0. The molecular formula is C18H28N6O3. The van der Waals surface area contributed by atoms with E-state index in [0.29, 0.717) is 30.8 Å². The number of rotatable bonds is 6. The third-order valence-corrected chi connectivity index (χ3v) is 5.39. The molecule has 1 saturated carbocycles. The number of aromatic nitrogens is 2. The van der Waals surface area contributed by atoms with Crippen molar-refractivity contribution in [3.05, 3.63) is 12.4 Å². The number of hydrogen-bond acceptors (Lipinski definition) is 7. The van der Waals surface area contributed by atoms with Crippen LogP contribution in [0.15, 0.2) is 12.4 Å². The van der Waals surface area contributed by atoms with Gasteiger partial charge in [0.25, 0.3) is 5.91 Å². The van der Waals surface area contributed by atoms with Crippen molar-refractivity contribution in [1.29, 1.82) is 0 Å². The van der Waals surface area contributed by atoms with E-state index in [9.17, 15) is 9.59 Å². The lowest BCUT2D eigenvalue weighted by atomic mass is 9.76. The van der Waals surface area contributed by atoms with Crippen molar-refractivity contribution >= 4 is 23.5 Å². The van der Waals surface area contributed by atoms with E-state index < -0.39 is 17.7 Å². The number of amides is 2. The Morgan fingerprint density at radius 1 is 1.22 bits per heavy atom. The average molecular weight is 376 g/mol. The van der Waals surface area contributed by atoms with E-state index in [1.54, 1.807) is 6.20 Å². The monoisotopic (exact) mass is 376 g/mol. The summed E-state index contributed by atoms with van der Waals surface area (Å²) in [7, 11) is 0. The second kappa shape index (κ2) is 8.98. The molecule has 3 rings (SSSR count). The molecule has 0 spiro atoms. The van der Waals surface area contributed by atoms with E-state index in [2.05, 4.69) is 32.6 Å². The van der Waals surface area contributed by atoms with Crippen molar-refractivity contribution in [2.45, 2.75) is 32.6 Å². The van der Waals surface area contributed by atoms with E-state index in [0.717, 1.165) is 38.8 Å². The minimum Gasteiger partial charge on any atom is -0.378 e. The van der Waals surface area contributed by atoms with Crippen LogP contribution in [0.2, 0.25) is 0 Å². The number of nitrogens with one attached hydrogen (secondary N) is 2. The molecule has 0 aromatic carbocycles. The molecule has 2 fully saturated rings. The molecule has 1 atom stereocenters. The van der Waals surface area contributed by atoms with Crippen LogP contribution in [0.3, 0.4) is 0 Å². The summed E-state index contributed by atoms with van der Waals surface area (Å²) in [6.45, 7) is 4.98. The minimum absolute atomic E-state index is 0.00808. The molecule has 2 amide bonds. The molecule has 1 saturated heterocycles. The first-order valence-electron chi connectivity index (χ1n) is 9.54. The van der Waals surface area contributed by atoms with E-state index in [-0.39, 0.29) is 5.92 Å². The molecule has 1 aliphatic heterocycles. The number of hydrogen-bond donors (Lipinski definition) is 3. The van der Waals surface area contributed by atoms with Crippen LogP contribution in [0.25, 0.3) is 0 Å². The van der Waals surface area contributed by atoms with Gasteiger partial charge in [-0.3, -0.25) is 25.4 Å². The van der Waals surface area contributed by atoms with Crippen molar-refractivity contribution in [3.8, 4) is 0 Å². The zero-order valence-electron chi connectivity index (χ0n) is 15.7. The van der Waals surface area contributed by atoms with Gasteiger partial charge in [-0.05, 0) is 24.7 Å². The Morgan fingerprint density at radius 3 is 2.59 bits per heavy atom. The summed E-state index contributed by atoms with van der Waals surface area (Å²) in [6.07, 6.45) is 6.91. The lowest BCUT2D eigenvalue weighted by Gasteiger charge is -2.30. The van der Waals surface area contributed by atoms with E-state index >= 15 is 0 Å². The van der Waals surface area contributed by atoms with Crippen molar-refractivity contribution in [1.82, 2.24) is 15.4 Å². The first kappa shape index (κ1) is 19.3. The van der Waals surface area contributed by atoms with Gasteiger partial charge in [-0.15, -0.1) is 0 Å². The van der Waals surface area contributed by atoms with Crippen LogP contribution in [0, 0.1) is 17.8 Å². The van der Waals surface area contributed by atoms with Crippen LogP contribution in [0.1, 0.15) is 32.6 Å². The number of anilines is 2. The maximum atomic E-state index is 12.6. The average Bonchev–Trinajstić information content (AvgIpc) is 2.69. The van der Waals surface area contributed by atoms with Gasteiger partial charge in [-0.1, -0.05) is 19.8 Å². The number of ether oxygens (including phenoxy) is 1. The maximum absolute atomic E-state index is 12.6. The van der Waals surface area contributed by atoms with Gasteiger partial charge in [0.2, 0.25) is 5.91 Å². The number of carbonyl (C=O) groups is 2. The zero-order chi connectivity index (χ0) is 19.2. The Hall–Kier alpha value is -2.42. The van der Waals surface area contributed by atoms with Gasteiger partial charge in [0.1, 0.15) is 11.7 Å². The summed E-state index contributed by atoms with van der Waals surface area (Å²) in [4.78, 5) is 35.2. The fourth-order valence-corrected chi connectivity index (χ4v) is 3.76. The molecule has 27 heavy (non-hydrogen) atoms. The number of primary amides is 1. The molecule has 0 radical (unpaired) electrons. The van der Waals surface area contributed by atoms with Crippen LogP contribution in [-0.2, 0) is 14.3 Å². The number of carbonyl (C=O) groups excluding carboxylic acids is 2. The van der Waals surface area contributed by atoms with Crippen LogP contribution < -0.4 is 21.5 Å². The predicted octanol–water partition coefficient (Wildman–Crippen LogP) is 0.684. The fourth-order valence-electron chi connectivity index (χ4n) is 3.76. The minimum atomic E-state index is -0.833. The van der Waals surface area contributed by atoms with Crippen LogP contribution in [0.4, 0.5) is 11.6 Å². The lowest BCUT2D eigenvalue weighted by Crippen LogP contribution is -2.45. The quantitative estimate of drug-likeness (QED) is 0.493. The maximum Gasteiger partial charge on any atom is 0.251 e. The number of hydrazine groups is 1. The Morgan fingerprint density at radius 2 is 1.93 bits per heavy atom. The van der Waals surface area contributed by atoms with E-state index in [1.807, 2.05) is 0 Å². The molecule has 2 heterocycles. The van der Waals surface area contributed by atoms with Gasteiger partial charge in [0, 0.05) is 13.1 Å². The molecule has 0 bridgehead atoms. The van der Waals surface area contributed by atoms with Crippen molar-refractivity contribution in [3.63, 3.8) is 0 Å². The smallest absolute Gasteiger partial charge is 0.251 e. The summed E-state index contributed by atoms with van der Waals surface area (Å²) in [5.74, 6) is -0.0819. The standard InChI is InChI=1S/C18H28N6O3/c1-12-2-4-13(5-3-12)16(17(19)25)18(26)23-22-14-10-20-11-15(21-14)24-6-8-27-9-7-24/h10-13,16H,2-9H2,1H3,(H2,19,25)(H,21,22)(H,23,26).